The van der Waals surface area contributed by atoms with Crippen LogP contribution in [0.5, 0.6) is 0 Å². The molecule has 0 bridgehead atoms. The zero-order chi connectivity index (χ0) is 16.5. The summed E-state index contributed by atoms with van der Waals surface area (Å²) in [4.78, 5) is 17.9. The van der Waals surface area contributed by atoms with Crippen LogP contribution >= 0.6 is 11.3 Å². The van der Waals surface area contributed by atoms with Crippen LogP contribution in [0.4, 0.5) is 5.95 Å². The molecule has 24 heavy (non-hydrogen) atoms. The number of carbonyl (C=O) groups excluding carboxylic acids is 1. The molecule has 0 fully saturated rings. The van der Waals surface area contributed by atoms with Gasteiger partial charge in [-0.05, 0) is 30.5 Å². The maximum atomic E-state index is 12.5. The summed E-state index contributed by atoms with van der Waals surface area (Å²) in [5.41, 5.74) is 2.05. The lowest BCUT2D eigenvalue weighted by atomic mass is 10.3. The number of aromatic nitrogens is 3. The smallest absolute Gasteiger partial charge is 0.280 e. The predicted octanol–water partition coefficient (Wildman–Crippen LogP) is 4.03. The molecule has 3 aromatic heterocycles. The van der Waals surface area contributed by atoms with E-state index in [9.17, 15) is 4.79 Å². The number of imidazole rings is 1. The van der Waals surface area contributed by atoms with Crippen molar-refractivity contribution in [1.29, 1.82) is 0 Å². The van der Waals surface area contributed by atoms with Gasteiger partial charge in [-0.1, -0.05) is 23.4 Å². The van der Waals surface area contributed by atoms with Crippen molar-refractivity contribution in [3.63, 3.8) is 0 Å². The molecule has 0 aliphatic rings. The molecule has 0 aliphatic heterocycles. The molecule has 0 saturated heterocycles. The van der Waals surface area contributed by atoms with E-state index in [0.29, 0.717) is 18.3 Å². The monoisotopic (exact) mass is 338 g/mol. The minimum Gasteiger partial charge on any atom is -0.355 e. The number of aryl methyl sites for hydroxylation is 1. The Morgan fingerprint density at radius 3 is 2.96 bits per heavy atom. The number of hydrogen-bond donors (Lipinski definition) is 1. The van der Waals surface area contributed by atoms with Gasteiger partial charge in [-0.15, -0.1) is 11.3 Å². The Kier molecular flexibility index (Phi) is 3.62. The molecule has 3 heterocycles. The number of fused-ring (bicyclic) bond motifs is 1. The van der Waals surface area contributed by atoms with Crippen LogP contribution < -0.4 is 5.32 Å². The van der Waals surface area contributed by atoms with Crippen molar-refractivity contribution in [2.45, 2.75) is 13.5 Å². The first-order valence-electron chi connectivity index (χ1n) is 7.53. The Bertz CT molecular complexity index is 1000. The average molecular weight is 338 g/mol. The number of anilines is 1. The van der Waals surface area contributed by atoms with Crippen LogP contribution in [0.25, 0.3) is 21.7 Å². The van der Waals surface area contributed by atoms with Gasteiger partial charge >= 0.3 is 0 Å². The third-order valence-corrected chi connectivity index (χ3v) is 4.59. The average Bonchev–Trinajstić information content (AvgIpc) is 3.33. The minimum atomic E-state index is -0.341. The predicted molar refractivity (Wildman–Crippen MR) is 93.2 cm³/mol. The van der Waals surface area contributed by atoms with Crippen molar-refractivity contribution in [2.75, 3.05) is 5.32 Å². The molecule has 0 atom stereocenters. The second-order valence-corrected chi connectivity index (χ2v) is 6.12. The first kappa shape index (κ1) is 14.6. The fourth-order valence-corrected chi connectivity index (χ4v) is 3.25. The summed E-state index contributed by atoms with van der Waals surface area (Å²) >= 11 is 1.53. The van der Waals surface area contributed by atoms with E-state index < -0.39 is 0 Å². The van der Waals surface area contributed by atoms with Crippen LogP contribution in [0.3, 0.4) is 0 Å². The Labute approximate surface area is 141 Å². The van der Waals surface area contributed by atoms with Gasteiger partial charge < -0.3 is 9.09 Å². The van der Waals surface area contributed by atoms with Crippen LogP contribution in [0.1, 0.15) is 17.4 Å². The molecule has 4 rings (SSSR count). The van der Waals surface area contributed by atoms with E-state index in [0.717, 1.165) is 15.9 Å². The highest BCUT2D eigenvalue weighted by Crippen LogP contribution is 2.25. The largest absolute Gasteiger partial charge is 0.355 e. The normalized spacial score (nSPS) is 11.0. The van der Waals surface area contributed by atoms with Crippen molar-refractivity contribution in [3.8, 4) is 10.6 Å². The minimum absolute atomic E-state index is 0.230. The van der Waals surface area contributed by atoms with Crippen molar-refractivity contribution in [3.05, 3.63) is 53.5 Å². The molecule has 0 unspecified atom stereocenters. The highest BCUT2D eigenvalue weighted by Gasteiger charge is 2.17. The number of rotatable bonds is 4. The van der Waals surface area contributed by atoms with Crippen molar-refractivity contribution < 1.29 is 9.32 Å². The molecule has 120 valence electrons. The zero-order valence-corrected chi connectivity index (χ0v) is 13.7. The number of thiophene rings is 1. The summed E-state index contributed by atoms with van der Waals surface area (Å²) < 4.78 is 7.21. The van der Waals surface area contributed by atoms with E-state index in [1.54, 1.807) is 6.07 Å². The number of nitrogens with zero attached hydrogens (tertiary/aromatic N) is 3. The Morgan fingerprint density at radius 2 is 2.17 bits per heavy atom. The SMILES string of the molecule is CCn1c(NC(=O)c2cc(-c3cccs3)on2)nc2ccccc21. The number of carbonyl (C=O) groups is 1. The van der Waals surface area contributed by atoms with Crippen LogP contribution in [-0.2, 0) is 6.54 Å². The number of hydrogen-bond acceptors (Lipinski definition) is 5. The summed E-state index contributed by atoms with van der Waals surface area (Å²) in [5, 5.41) is 8.63. The summed E-state index contributed by atoms with van der Waals surface area (Å²) in [7, 11) is 0. The topological polar surface area (TPSA) is 73.0 Å². The van der Waals surface area contributed by atoms with Gasteiger partial charge in [-0.2, -0.15) is 0 Å². The molecule has 1 amide bonds. The number of nitrogens with one attached hydrogen (secondary N) is 1. The molecule has 4 aromatic rings. The van der Waals surface area contributed by atoms with Crippen LogP contribution in [0.2, 0.25) is 0 Å². The highest BCUT2D eigenvalue weighted by atomic mass is 32.1. The first-order valence-corrected chi connectivity index (χ1v) is 8.41. The summed E-state index contributed by atoms with van der Waals surface area (Å²) in [6.07, 6.45) is 0. The van der Waals surface area contributed by atoms with Gasteiger partial charge in [-0.25, -0.2) is 4.98 Å². The van der Waals surface area contributed by atoms with Crippen LogP contribution in [0.15, 0.2) is 52.4 Å². The summed E-state index contributed by atoms with van der Waals surface area (Å²) in [6, 6.07) is 13.3. The maximum absolute atomic E-state index is 12.5. The van der Waals surface area contributed by atoms with Gasteiger partial charge in [0.25, 0.3) is 5.91 Å². The van der Waals surface area contributed by atoms with Crippen molar-refractivity contribution in [1.82, 2.24) is 14.7 Å². The Hall–Kier alpha value is -2.93. The van der Waals surface area contributed by atoms with Crippen LogP contribution in [0, 0.1) is 0 Å². The van der Waals surface area contributed by atoms with Gasteiger partial charge in [0.2, 0.25) is 5.95 Å². The molecule has 0 saturated carbocycles. The van der Waals surface area contributed by atoms with Gasteiger partial charge in [0.1, 0.15) is 0 Å². The first-order chi connectivity index (χ1) is 11.8. The number of para-hydroxylation sites is 2. The number of benzene rings is 1. The third kappa shape index (κ3) is 2.48. The van der Waals surface area contributed by atoms with E-state index in [1.807, 2.05) is 53.3 Å². The van der Waals surface area contributed by atoms with Gasteiger partial charge in [-0.3, -0.25) is 10.1 Å². The second kappa shape index (κ2) is 5.93. The Morgan fingerprint density at radius 1 is 1.29 bits per heavy atom. The molecular weight excluding hydrogens is 324 g/mol. The summed E-state index contributed by atoms with van der Waals surface area (Å²) in [6.45, 7) is 2.71. The zero-order valence-electron chi connectivity index (χ0n) is 12.9. The van der Waals surface area contributed by atoms with Crippen molar-refractivity contribution in [2.24, 2.45) is 0 Å². The lowest BCUT2D eigenvalue weighted by Crippen LogP contribution is -2.16. The fraction of sp³-hybridized carbons (Fsp3) is 0.118. The lowest BCUT2D eigenvalue weighted by molar-refractivity contribution is 0.101. The maximum Gasteiger partial charge on any atom is 0.280 e. The lowest BCUT2D eigenvalue weighted by Gasteiger charge is -2.05. The standard InChI is InChI=1S/C17H14N4O2S/c1-2-21-13-7-4-3-6-11(13)18-17(21)19-16(22)12-10-14(23-20-12)15-8-5-9-24-15/h3-10H,2H2,1H3,(H,18,19,22). The van der Waals surface area contributed by atoms with Gasteiger partial charge in [0.05, 0.1) is 15.9 Å². The number of amides is 1. The third-order valence-electron chi connectivity index (χ3n) is 3.70. The molecule has 0 aliphatic carbocycles. The van der Waals surface area contributed by atoms with Crippen molar-refractivity contribution >= 4 is 34.2 Å². The van der Waals surface area contributed by atoms with E-state index in [4.69, 9.17) is 4.52 Å². The molecule has 0 spiro atoms. The highest BCUT2D eigenvalue weighted by molar-refractivity contribution is 7.13. The van der Waals surface area contributed by atoms with Crippen LogP contribution in [-0.4, -0.2) is 20.6 Å². The molecule has 0 radical (unpaired) electrons. The van der Waals surface area contributed by atoms with Gasteiger partial charge in [0.15, 0.2) is 11.5 Å². The fourth-order valence-electron chi connectivity index (χ4n) is 2.57. The van der Waals surface area contributed by atoms with E-state index in [-0.39, 0.29) is 11.6 Å². The Balaban J connectivity index is 1.63. The van der Waals surface area contributed by atoms with E-state index in [1.165, 1.54) is 11.3 Å². The molecule has 7 heteroatoms. The molecule has 6 nitrogen and oxygen atoms in total. The van der Waals surface area contributed by atoms with E-state index >= 15 is 0 Å². The van der Waals surface area contributed by atoms with E-state index in [2.05, 4.69) is 15.5 Å². The summed E-state index contributed by atoms with van der Waals surface area (Å²) in [5.74, 6) is 0.745. The quantitative estimate of drug-likeness (QED) is 0.610. The second-order valence-electron chi connectivity index (χ2n) is 5.18. The molecular formula is C17H14N4O2S. The molecule has 1 N–H and O–H groups in total. The molecule has 1 aromatic carbocycles. The van der Waals surface area contributed by atoms with Gasteiger partial charge in [0, 0.05) is 12.6 Å².